The summed E-state index contributed by atoms with van der Waals surface area (Å²) in [6.45, 7) is 3.50. The molecule has 0 bridgehead atoms. The third kappa shape index (κ3) is 3.80. The number of carbonyl (C=O) groups excluding carboxylic acids is 1. The first-order valence-electron chi connectivity index (χ1n) is 5.29. The zero-order valence-corrected chi connectivity index (χ0v) is 11.6. The van der Waals surface area contributed by atoms with Gasteiger partial charge in [0.05, 0.1) is 0 Å². The van der Waals surface area contributed by atoms with Crippen molar-refractivity contribution in [3.05, 3.63) is 34.9 Å². The van der Waals surface area contributed by atoms with Gasteiger partial charge in [-0.25, -0.2) is 0 Å². The van der Waals surface area contributed by atoms with Gasteiger partial charge in [0.1, 0.15) is 0 Å². The Labute approximate surface area is 110 Å². The van der Waals surface area contributed by atoms with E-state index < -0.39 is 0 Å². The summed E-state index contributed by atoms with van der Waals surface area (Å²) in [5, 5.41) is 1.57. The highest BCUT2D eigenvalue weighted by Gasteiger charge is 2.12. The monoisotopic (exact) mass is 303 g/mol. The average molecular weight is 305 g/mol. The van der Waals surface area contributed by atoms with E-state index in [0.717, 1.165) is 24.8 Å². The molecule has 0 radical (unpaired) electrons. The van der Waals surface area contributed by atoms with Gasteiger partial charge < -0.3 is 4.90 Å². The maximum Gasteiger partial charge on any atom is 0.253 e. The van der Waals surface area contributed by atoms with Crippen LogP contribution in [0.5, 0.6) is 0 Å². The van der Waals surface area contributed by atoms with Crippen LogP contribution in [0.15, 0.2) is 24.3 Å². The second-order valence-corrected chi connectivity index (χ2v) is 4.66. The van der Waals surface area contributed by atoms with Gasteiger partial charge in [-0.1, -0.05) is 27.5 Å². The highest BCUT2D eigenvalue weighted by molar-refractivity contribution is 9.09. The van der Waals surface area contributed by atoms with Gasteiger partial charge >= 0.3 is 0 Å². The topological polar surface area (TPSA) is 20.3 Å². The van der Waals surface area contributed by atoms with Gasteiger partial charge in [0.25, 0.3) is 5.91 Å². The van der Waals surface area contributed by atoms with Crippen LogP contribution in [-0.2, 0) is 0 Å². The van der Waals surface area contributed by atoms with Crippen molar-refractivity contribution in [1.29, 1.82) is 0 Å². The van der Waals surface area contributed by atoms with Crippen LogP contribution in [0.2, 0.25) is 5.02 Å². The second kappa shape index (κ2) is 6.92. The molecule has 16 heavy (non-hydrogen) atoms. The Kier molecular flexibility index (Phi) is 5.85. The van der Waals surface area contributed by atoms with E-state index in [4.69, 9.17) is 11.6 Å². The number of hydrogen-bond acceptors (Lipinski definition) is 1. The van der Waals surface area contributed by atoms with Gasteiger partial charge in [-0.3, -0.25) is 4.79 Å². The fourth-order valence-corrected chi connectivity index (χ4v) is 1.81. The van der Waals surface area contributed by atoms with E-state index in [1.807, 2.05) is 11.8 Å². The molecule has 1 rings (SSSR count). The van der Waals surface area contributed by atoms with E-state index in [0.29, 0.717) is 10.6 Å². The van der Waals surface area contributed by atoms with Crippen molar-refractivity contribution < 1.29 is 4.79 Å². The van der Waals surface area contributed by atoms with Crippen LogP contribution in [0.4, 0.5) is 0 Å². The van der Waals surface area contributed by atoms with Crippen molar-refractivity contribution in [1.82, 2.24) is 4.90 Å². The van der Waals surface area contributed by atoms with Gasteiger partial charge in [0, 0.05) is 29.0 Å². The Morgan fingerprint density at radius 3 is 2.50 bits per heavy atom. The maximum absolute atomic E-state index is 12.1. The van der Waals surface area contributed by atoms with E-state index in [-0.39, 0.29) is 5.91 Å². The standard InChI is InChI=1S/C12H15BrClNO/c1-2-15(9-3-8-13)12(16)10-4-6-11(14)7-5-10/h4-7H,2-3,8-9H2,1H3. The predicted molar refractivity (Wildman–Crippen MR) is 71.4 cm³/mol. The summed E-state index contributed by atoms with van der Waals surface area (Å²) in [5.74, 6) is 0.0696. The van der Waals surface area contributed by atoms with Gasteiger partial charge in [0.2, 0.25) is 0 Å². The van der Waals surface area contributed by atoms with Crippen molar-refractivity contribution >= 4 is 33.4 Å². The molecule has 1 aromatic rings. The van der Waals surface area contributed by atoms with Crippen molar-refractivity contribution in [2.75, 3.05) is 18.4 Å². The molecule has 0 saturated carbocycles. The molecule has 0 N–H and O–H groups in total. The zero-order chi connectivity index (χ0) is 12.0. The molecule has 0 saturated heterocycles. The minimum absolute atomic E-state index is 0.0696. The summed E-state index contributed by atoms with van der Waals surface area (Å²) >= 11 is 9.15. The largest absolute Gasteiger partial charge is 0.339 e. The Bertz CT molecular complexity index is 339. The second-order valence-electron chi connectivity index (χ2n) is 3.43. The van der Waals surface area contributed by atoms with E-state index >= 15 is 0 Å². The number of benzene rings is 1. The summed E-state index contributed by atoms with van der Waals surface area (Å²) in [7, 11) is 0. The summed E-state index contributed by atoms with van der Waals surface area (Å²) in [6, 6.07) is 7.02. The van der Waals surface area contributed by atoms with E-state index in [9.17, 15) is 4.79 Å². The smallest absolute Gasteiger partial charge is 0.253 e. The zero-order valence-electron chi connectivity index (χ0n) is 9.25. The lowest BCUT2D eigenvalue weighted by Crippen LogP contribution is -2.31. The van der Waals surface area contributed by atoms with Gasteiger partial charge in [-0.2, -0.15) is 0 Å². The first kappa shape index (κ1) is 13.5. The van der Waals surface area contributed by atoms with Gasteiger partial charge in [0.15, 0.2) is 0 Å². The third-order valence-corrected chi connectivity index (χ3v) is 3.13. The Morgan fingerprint density at radius 1 is 1.38 bits per heavy atom. The van der Waals surface area contributed by atoms with Crippen molar-refractivity contribution in [3.8, 4) is 0 Å². The molecule has 0 aliphatic carbocycles. The molecule has 4 heteroatoms. The number of alkyl halides is 1. The predicted octanol–water partition coefficient (Wildman–Crippen LogP) is 3.59. The lowest BCUT2D eigenvalue weighted by Gasteiger charge is -2.20. The fraction of sp³-hybridized carbons (Fsp3) is 0.417. The van der Waals surface area contributed by atoms with Crippen LogP contribution in [0, 0.1) is 0 Å². The molecule has 0 atom stereocenters. The minimum Gasteiger partial charge on any atom is -0.339 e. The SMILES string of the molecule is CCN(CCCBr)C(=O)c1ccc(Cl)cc1. The molecule has 2 nitrogen and oxygen atoms in total. The summed E-state index contributed by atoms with van der Waals surface area (Å²) in [4.78, 5) is 13.9. The molecule has 0 aliphatic rings. The van der Waals surface area contributed by atoms with E-state index in [1.165, 1.54) is 0 Å². The minimum atomic E-state index is 0.0696. The van der Waals surface area contributed by atoms with E-state index in [2.05, 4.69) is 15.9 Å². The number of carbonyl (C=O) groups is 1. The highest BCUT2D eigenvalue weighted by atomic mass is 79.9. The molecule has 0 aromatic heterocycles. The molecule has 0 spiro atoms. The number of nitrogens with zero attached hydrogens (tertiary/aromatic N) is 1. The number of hydrogen-bond donors (Lipinski definition) is 0. The van der Waals surface area contributed by atoms with E-state index in [1.54, 1.807) is 24.3 Å². The first-order valence-corrected chi connectivity index (χ1v) is 6.79. The Hall–Kier alpha value is -0.540. The number of amides is 1. The molecule has 0 heterocycles. The molecular weight excluding hydrogens is 289 g/mol. The summed E-state index contributed by atoms with van der Waals surface area (Å²) < 4.78 is 0. The summed E-state index contributed by atoms with van der Waals surface area (Å²) in [5.41, 5.74) is 0.695. The average Bonchev–Trinajstić information content (AvgIpc) is 2.30. The van der Waals surface area contributed by atoms with Crippen LogP contribution in [0.25, 0.3) is 0 Å². The molecule has 1 aromatic carbocycles. The van der Waals surface area contributed by atoms with Gasteiger partial charge in [-0.15, -0.1) is 0 Å². The van der Waals surface area contributed by atoms with Crippen LogP contribution in [-0.4, -0.2) is 29.2 Å². The van der Waals surface area contributed by atoms with Crippen LogP contribution in [0.1, 0.15) is 23.7 Å². The quantitative estimate of drug-likeness (QED) is 0.761. The fourth-order valence-electron chi connectivity index (χ4n) is 1.43. The first-order chi connectivity index (χ1) is 7.69. The summed E-state index contributed by atoms with van der Waals surface area (Å²) in [6.07, 6.45) is 0.965. The Balaban J connectivity index is 2.70. The van der Waals surface area contributed by atoms with Gasteiger partial charge in [-0.05, 0) is 37.6 Å². The Morgan fingerprint density at radius 2 is 2.00 bits per heavy atom. The number of rotatable bonds is 5. The molecule has 0 aliphatic heterocycles. The van der Waals surface area contributed by atoms with Crippen molar-refractivity contribution in [2.45, 2.75) is 13.3 Å². The normalized spacial score (nSPS) is 10.2. The molecular formula is C12H15BrClNO. The molecule has 0 fully saturated rings. The lowest BCUT2D eigenvalue weighted by atomic mass is 10.2. The van der Waals surface area contributed by atoms with Crippen LogP contribution >= 0.6 is 27.5 Å². The van der Waals surface area contributed by atoms with Crippen LogP contribution in [0.3, 0.4) is 0 Å². The highest BCUT2D eigenvalue weighted by Crippen LogP contribution is 2.11. The maximum atomic E-state index is 12.1. The molecule has 1 amide bonds. The lowest BCUT2D eigenvalue weighted by molar-refractivity contribution is 0.0765. The van der Waals surface area contributed by atoms with Crippen molar-refractivity contribution in [2.24, 2.45) is 0 Å². The number of halogens is 2. The molecule has 88 valence electrons. The van der Waals surface area contributed by atoms with Crippen molar-refractivity contribution in [3.63, 3.8) is 0 Å². The molecule has 0 unspecified atom stereocenters. The van der Waals surface area contributed by atoms with Crippen LogP contribution < -0.4 is 0 Å². The third-order valence-electron chi connectivity index (χ3n) is 2.32.